The van der Waals surface area contributed by atoms with Gasteiger partial charge in [-0.15, -0.1) is 11.3 Å². The molecule has 6 heterocycles. The third kappa shape index (κ3) is 9.56. The molecule has 8 heteroatoms. The summed E-state index contributed by atoms with van der Waals surface area (Å²) in [7, 11) is 0. The first kappa shape index (κ1) is 64.2. The zero-order valence-electron chi connectivity index (χ0n) is 61.2. The van der Waals surface area contributed by atoms with Crippen LogP contribution in [0, 0.1) is 0 Å². The Morgan fingerprint density at radius 3 is 0.956 bits per heavy atom. The molecule has 0 unspecified atom stereocenters. The molecule has 0 N–H and O–H groups in total. The highest BCUT2D eigenvalue weighted by Gasteiger charge is 2.53. The summed E-state index contributed by atoms with van der Waals surface area (Å²) < 4.78 is 23.4. The van der Waals surface area contributed by atoms with E-state index in [4.69, 9.17) is 33.8 Å². The lowest BCUT2D eigenvalue weighted by molar-refractivity contribution is 0.438. The largest absolute Gasteiger partial charge is 0.456 e. The Hall–Kier alpha value is -14.7. The highest BCUT2D eigenvalue weighted by molar-refractivity contribution is 7.25. The summed E-state index contributed by atoms with van der Waals surface area (Å²) in [6.45, 7) is 0. The lowest BCUT2D eigenvalue weighted by Gasteiger charge is -2.40. The molecule has 0 atom stereocenters. The molecule has 0 saturated carbocycles. The van der Waals surface area contributed by atoms with Crippen LogP contribution in [0.3, 0.4) is 0 Å². The summed E-state index contributed by atoms with van der Waals surface area (Å²) in [5.41, 5.74) is 30.6. The van der Waals surface area contributed by atoms with E-state index in [1.54, 1.807) is 11.3 Å². The van der Waals surface area contributed by atoms with Gasteiger partial charge in [-0.25, -0.2) is 19.9 Å². The Bertz CT molecular complexity index is 6900. The Kier molecular flexibility index (Phi) is 14.0. The first-order chi connectivity index (χ1) is 56.4. The van der Waals surface area contributed by atoms with Gasteiger partial charge in [-0.3, -0.25) is 0 Å². The molecule has 2 spiro atoms. The summed E-state index contributed by atoms with van der Waals surface area (Å²) in [5, 5.41) is 4.50. The number of thiophene rings is 1. The molecule has 4 aromatic heterocycles. The monoisotopic (exact) mass is 1470 g/mol. The van der Waals surface area contributed by atoms with Crippen LogP contribution in [-0.2, 0) is 10.8 Å². The Balaban J connectivity index is 0.534. The highest BCUT2D eigenvalue weighted by atomic mass is 32.1. The van der Waals surface area contributed by atoms with Crippen molar-refractivity contribution in [1.29, 1.82) is 0 Å². The number of nitrogens with zero attached hydrogens (tertiary/aromatic N) is 4. The third-order valence-electron chi connectivity index (χ3n) is 24.1. The van der Waals surface area contributed by atoms with Gasteiger partial charge in [0.1, 0.15) is 34.2 Å². The smallest absolute Gasteiger partial charge is 0.160 e. The van der Waals surface area contributed by atoms with Crippen LogP contribution in [0.4, 0.5) is 0 Å². The topological polar surface area (TPSA) is 83.2 Å². The van der Waals surface area contributed by atoms with Crippen LogP contribution in [-0.4, -0.2) is 19.9 Å². The molecular formula is C106H62N4O3S. The quantitative estimate of drug-likeness (QED) is 0.142. The molecule has 4 aliphatic rings. The summed E-state index contributed by atoms with van der Waals surface area (Å²) >= 11 is 1.80. The molecule has 114 heavy (non-hydrogen) atoms. The molecule has 2 aliphatic heterocycles. The van der Waals surface area contributed by atoms with E-state index >= 15 is 0 Å². The molecule has 0 radical (unpaired) electrons. The fourth-order valence-electron chi connectivity index (χ4n) is 19.0. The highest BCUT2D eigenvalue weighted by Crippen LogP contribution is 2.65. The lowest BCUT2D eigenvalue weighted by atomic mass is 9.65. The van der Waals surface area contributed by atoms with Gasteiger partial charge in [-0.05, 0) is 127 Å². The lowest BCUT2D eigenvalue weighted by Crippen LogP contribution is -2.32. The minimum Gasteiger partial charge on any atom is -0.456 e. The molecular weight excluding hydrogens is 1410 g/mol. The molecule has 7 nitrogen and oxygen atoms in total. The van der Waals surface area contributed by atoms with Crippen molar-refractivity contribution in [2.45, 2.75) is 10.8 Å². The van der Waals surface area contributed by atoms with Crippen molar-refractivity contribution >= 4 is 53.4 Å². The number of hydrogen-bond donors (Lipinski definition) is 0. The van der Waals surface area contributed by atoms with Crippen molar-refractivity contribution in [3.05, 3.63) is 421 Å². The molecule has 530 valence electrons. The number of ether oxygens (including phenoxy) is 2. The molecule has 16 aromatic carbocycles. The van der Waals surface area contributed by atoms with Gasteiger partial charge in [0.25, 0.3) is 0 Å². The van der Waals surface area contributed by atoms with Gasteiger partial charge in [-0.1, -0.05) is 315 Å². The molecule has 0 saturated heterocycles. The molecule has 24 rings (SSSR count). The van der Waals surface area contributed by atoms with Gasteiger partial charge < -0.3 is 13.9 Å². The van der Waals surface area contributed by atoms with E-state index < -0.39 is 10.8 Å². The zero-order valence-corrected chi connectivity index (χ0v) is 62.0. The number of hydrogen-bond acceptors (Lipinski definition) is 8. The molecule has 0 fully saturated rings. The fourth-order valence-corrected chi connectivity index (χ4v) is 20.2. The zero-order chi connectivity index (χ0) is 74.7. The van der Waals surface area contributed by atoms with E-state index in [0.717, 1.165) is 157 Å². The van der Waals surface area contributed by atoms with Crippen LogP contribution in [0.1, 0.15) is 44.5 Å². The van der Waals surface area contributed by atoms with E-state index in [-0.39, 0.29) is 0 Å². The first-order valence-electron chi connectivity index (χ1n) is 38.7. The van der Waals surface area contributed by atoms with Crippen molar-refractivity contribution in [2.24, 2.45) is 0 Å². The summed E-state index contributed by atoms with van der Waals surface area (Å²) in [6, 6.07) is 135. The van der Waals surface area contributed by atoms with Gasteiger partial charge in [0.05, 0.1) is 33.6 Å². The summed E-state index contributed by atoms with van der Waals surface area (Å²) in [4.78, 5) is 21.1. The number of benzene rings is 16. The number of furan rings is 1. The van der Waals surface area contributed by atoms with Crippen LogP contribution in [0.2, 0.25) is 0 Å². The van der Waals surface area contributed by atoms with Gasteiger partial charge in [0.2, 0.25) is 0 Å². The first-order valence-corrected chi connectivity index (χ1v) is 39.5. The van der Waals surface area contributed by atoms with Crippen molar-refractivity contribution in [3.8, 4) is 146 Å². The minimum atomic E-state index is -0.553. The van der Waals surface area contributed by atoms with Crippen molar-refractivity contribution in [3.63, 3.8) is 0 Å². The Labute approximate surface area is 660 Å². The minimum absolute atomic E-state index is 0.549. The predicted molar refractivity (Wildman–Crippen MR) is 461 cm³/mol. The normalized spacial score (nSPS) is 13.4. The molecule has 0 bridgehead atoms. The van der Waals surface area contributed by atoms with E-state index in [0.29, 0.717) is 11.6 Å². The summed E-state index contributed by atoms with van der Waals surface area (Å²) in [5.74, 6) is 4.77. The SMILES string of the molecule is c1ccc(-c2nc(-c3ccc(-c4cccc5c4Oc4ccccc4C54c5ccccc5-c5ccccc54)cc3)cc(-c3ccc4c(c3)oc3cc(-c5ccc6c(c5)sc5cc(-c7cc(-c8ccc(-c9cccc%10c9Oc9ccccc9C%109c%10ccccc%10-c%10ccccc%109)cc8)nc(-c8ccccc8)n7)ccc56)ccc34)n2)cc1. The molecule has 0 amide bonds. The maximum absolute atomic E-state index is 7.07. The molecule has 20 aromatic rings. The van der Waals surface area contributed by atoms with E-state index in [1.807, 2.05) is 36.4 Å². The standard InChI is InChI=1S/C106H62N4O3S/c1-3-21-67(22-4-1)103-107-91(65-45-41-63(42-46-65)73-29-19-37-89-101(73)112-95-39-17-15-35-87(95)105(89)83-31-11-7-25-75(83)76-26-8-12-32-84(76)105)61-93(109-103)71-51-54-80-79-53-49-69(57-97(79)111-98(80)58-71)70-50-55-81-82-56-52-72(60-100(82)114-99(81)59-70)94-62-92(108-104(110-94)68-23-5-2-6-24-68)66-47-43-64(44-48-66)74-30-20-38-90-102(74)113-96-40-18-16-36-88(96)106(90)85-33-13-9-27-77(85)78-28-10-14-34-86(78)106/h1-62H. The van der Waals surface area contributed by atoms with E-state index in [9.17, 15) is 0 Å². The Morgan fingerprint density at radius 2 is 0.518 bits per heavy atom. The number of para-hydroxylation sites is 4. The second kappa shape index (κ2) is 24.9. The van der Waals surface area contributed by atoms with Crippen molar-refractivity contribution < 1.29 is 13.9 Å². The summed E-state index contributed by atoms with van der Waals surface area (Å²) in [6.07, 6.45) is 0. The van der Waals surface area contributed by atoms with Crippen LogP contribution >= 0.6 is 11.3 Å². The maximum Gasteiger partial charge on any atom is 0.160 e. The van der Waals surface area contributed by atoms with Crippen LogP contribution < -0.4 is 9.47 Å². The average Bonchev–Trinajstić information content (AvgIpc) is 1.50. The maximum atomic E-state index is 7.07. The fraction of sp³-hybridized carbons (Fsp3) is 0.0189. The average molecular weight is 1470 g/mol. The van der Waals surface area contributed by atoms with Crippen molar-refractivity contribution in [2.75, 3.05) is 0 Å². The van der Waals surface area contributed by atoms with Gasteiger partial charge in [-0.2, -0.15) is 0 Å². The number of rotatable bonds is 9. The number of aromatic nitrogens is 4. The second-order valence-corrected chi connectivity index (χ2v) is 31.2. The van der Waals surface area contributed by atoms with Crippen LogP contribution in [0.15, 0.2) is 381 Å². The number of fused-ring (bicyclic) bond motifs is 24. The van der Waals surface area contributed by atoms with E-state index in [2.05, 4.69) is 340 Å². The van der Waals surface area contributed by atoms with Crippen LogP contribution in [0.25, 0.3) is 166 Å². The van der Waals surface area contributed by atoms with E-state index in [1.165, 1.54) is 64.7 Å². The Morgan fingerprint density at radius 1 is 0.211 bits per heavy atom. The van der Waals surface area contributed by atoms with Crippen molar-refractivity contribution in [1.82, 2.24) is 19.9 Å². The molecule has 2 aliphatic carbocycles. The van der Waals surface area contributed by atoms with Gasteiger partial charge in [0.15, 0.2) is 11.6 Å². The van der Waals surface area contributed by atoms with Crippen LogP contribution in [0.5, 0.6) is 23.0 Å². The predicted octanol–water partition coefficient (Wildman–Crippen LogP) is 27.5. The second-order valence-electron chi connectivity index (χ2n) is 30.1. The van der Waals surface area contributed by atoms with Gasteiger partial charge in [0, 0.05) is 97.7 Å². The van der Waals surface area contributed by atoms with Gasteiger partial charge >= 0.3 is 0 Å². The third-order valence-corrected chi connectivity index (χ3v) is 25.2.